The van der Waals surface area contributed by atoms with Crippen molar-refractivity contribution in [1.29, 1.82) is 5.26 Å². The molecular weight excluding hydrogens is 565 g/mol. The fraction of sp³-hybridized carbons (Fsp3) is 0.444. The number of imidazole rings is 1. The Morgan fingerprint density at radius 2 is 1.95 bits per heavy atom. The topological polar surface area (TPSA) is 117 Å². The maximum absolute atomic E-state index is 13.5. The number of aliphatic hydroxyl groups is 1. The van der Waals surface area contributed by atoms with Gasteiger partial charge in [0.1, 0.15) is 22.5 Å². The third-order valence-electron chi connectivity index (χ3n) is 7.60. The van der Waals surface area contributed by atoms with Gasteiger partial charge in [-0.05, 0) is 37.6 Å². The van der Waals surface area contributed by atoms with Crippen LogP contribution in [0, 0.1) is 17.1 Å². The van der Waals surface area contributed by atoms with E-state index in [1.54, 1.807) is 17.0 Å². The van der Waals surface area contributed by atoms with Crippen LogP contribution in [0.5, 0.6) is 0 Å². The number of carbonyl (C=O) groups excluding carboxylic acids is 1. The Hall–Kier alpha value is -3.64. The molecule has 2 saturated heterocycles. The molecule has 0 unspecified atom stereocenters. The number of likely N-dealkylation sites (tertiary alicyclic amines) is 1. The van der Waals surface area contributed by atoms with E-state index in [-0.39, 0.29) is 17.8 Å². The highest BCUT2D eigenvalue weighted by molar-refractivity contribution is 7.20. The second-order valence-corrected chi connectivity index (χ2v) is 12.3. The number of aliphatic hydroxyl groups excluding tert-OH is 1. The lowest BCUT2D eigenvalue weighted by Gasteiger charge is -2.42. The summed E-state index contributed by atoms with van der Waals surface area (Å²) in [5.74, 6) is 0.514. The van der Waals surface area contributed by atoms with E-state index in [0.29, 0.717) is 47.3 Å². The number of piperazine rings is 1. The standard InChI is InChI=1S/C27H30FN9O2S2/c1-4-20-24(33(3)25-31-23(21(11-29)40-25)17-5-7-18(28)8-6-17)37-26(30-20)41-27(32-37)35-10-9-34(16(2)12-35)15-22(39)36-13-19(38)14-36/h5-8,16,19,38H,4,9-10,12-15H2,1-3H3/t16-/m1/s1. The van der Waals surface area contributed by atoms with Crippen LogP contribution in [0.25, 0.3) is 16.2 Å². The molecule has 1 amide bonds. The third-order valence-corrected chi connectivity index (χ3v) is 9.61. The summed E-state index contributed by atoms with van der Waals surface area (Å²) >= 11 is 2.80. The maximum Gasteiger partial charge on any atom is 0.236 e. The zero-order chi connectivity index (χ0) is 28.8. The molecule has 2 fully saturated rings. The molecule has 41 heavy (non-hydrogen) atoms. The molecule has 11 nitrogen and oxygen atoms in total. The molecule has 1 N–H and O–H groups in total. The number of hydrogen-bond acceptors (Lipinski definition) is 11. The molecule has 0 bridgehead atoms. The lowest BCUT2D eigenvalue weighted by atomic mass is 10.1. The molecule has 0 spiro atoms. The van der Waals surface area contributed by atoms with Crippen molar-refractivity contribution in [3.05, 3.63) is 40.7 Å². The zero-order valence-corrected chi connectivity index (χ0v) is 24.6. The minimum Gasteiger partial charge on any atom is -0.389 e. The van der Waals surface area contributed by atoms with Crippen molar-refractivity contribution in [2.75, 3.05) is 56.1 Å². The van der Waals surface area contributed by atoms with Gasteiger partial charge < -0.3 is 19.8 Å². The molecule has 214 valence electrons. The molecule has 0 saturated carbocycles. The number of anilines is 3. The average Bonchev–Trinajstić information content (AvgIpc) is 3.65. The number of aryl methyl sites for hydroxylation is 1. The Morgan fingerprint density at radius 1 is 1.20 bits per heavy atom. The Kier molecular flexibility index (Phi) is 7.37. The van der Waals surface area contributed by atoms with Crippen LogP contribution in [-0.4, -0.2) is 98.9 Å². The van der Waals surface area contributed by atoms with E-state index >= 15 is 0 Å². The minimum absolute atomic E-state index is 0.0624. The molecule has 3 aromatic heterocycles. The fourth-order valence-corrected chi connectivity index (χ4v) is 7.03. The SMILES string of the molecule is CCc1nc2sc(N3CCN(CC(=O)N4CC(O)C4)[C@H](C)C3)nn2c1N(C)c1nc(-c2ccc(F)cc2)c(C#N)s1. The van der Waals surface area contributed by atoms with Gasteiger partial charge in [0.15, 0.2) is 10.9 Å². The summed E-state index contributed by atoms with van der Waals surface area (Å²) in [4.78, 5) is 31.4. The molecule has 1 aromatic carbocycles. The van der Waals surface area contributed by atoms with Crippen molar-refractivity contribution in [3.63, 3.8) is 0 Å². The van der Waals surface area contributed by atoms with Crippen molar-refractivity contribution < 1.29 is 14.3 Å². The first-order valence-electron chi connectivity index (χ1n) is 13.5. The quantitative estimate of drug-likeness (QED) is 0.344. The second-order valence-electron chi connectivity index (χ2n) is 10.4. The summed E-state index contributed by atoms with van der Waals surface area (Å²) in [5, 5.41) is 25.7. The molecule has 1 atom stereocenters. The fourth-order valence-electron chi connectivity index (χ4n) is 5.23. The number of carbonyl (C=O) groups is 1. The Labute approximate surface area is 244 Å². The van der Waals surface area contributed by atoms with Gasteiger partial charge in [0.25, 0.3) is 0 Å². The molecule has 2 aliphatic rings. The van der Waals surface area contributed by atoms with E-state index in [1.807, 2.05) is 23.4 Å². The first-order chi connectivity index (χ1) is 19.7. The average molecular weight is 596 g/mol. The minimum atomic E-state index is -0.393. The number of hydrogen-bond donors (Lipinski definition) is 1. The normalized spacial score (nSPS) is 18.1. The molecule has 4 aromatic rings. The number of nitriles is 1. The van der Waals surface area contributed by atoms with Crippen molar-refractivity contribution >= 4 is 49.6 Å². The van der Waals surface area contributed by atoms with Gasteiger partial charge in [-0.1, -0.05) is 29.6 Å². The summed E-state index contributed by atoms with van der Waals surface area (Å²) in [6.07, 6.45) is 0.305. The first-order valence-corrected chi connectivity index (χ1v) is 15.1. The van der Waals surface area contributed by atoms with Gasteiger partial charge in [0.2, 0.25) is 16.0 Å². The van der Waals surface area contributed by atoms with Crippen LogP contribution >= 0.6 is 22.7 Å². The summed E-state index contributed by atoms with van der Waals surface area (Å²) in [7, 11) is 1.89. The van der Waals surface area contributed by atoms with E-state index in [2.05, 4.69) is 22.8 Å². The van der Waals surface area contributed by atoms with Crippen LogP contribution in [0.3, 0.4) is 0 Å². The van der Waals surface area contributed by atoms with Crippen LogP contribution in [0.4, 0.5) is 20.5 Å². The number of benzene rings is 1. The number of thiazole rings is 1. The summed E-state index contributed by atoms with van der Waals surface area (Å²) < 4.78 is 15.3. The molecule has 14 heteroatoms. The number of amides is 1. The number of nitrogens with zero attached hydrogens (tertiary/aromatic N) is 9. The summed E-state index contributed by atoms with van der Waals surface area (Å²) in [6.45, 7) is 7.57. The first kappa shape index (κ1) is 27.5. The third kappa shape index (κ3) is 5.14. The predicted octanol–water partition coefficient (Wildman–Crippen LogP) is 2.97. The number of halogens is 1. The van der Waals surface area contributed by atoms with Crippen molar-refractivity contribution in [3.8, 4) is 17.3 Å². The van der Waals surface area contributed by atoms with Crippen molar-refractivity contribution in [2.24, 2.45) is 0 Å². The number of β-amino-alcohol motifs (C(OH)–C–C–N with tert-alkyl or cyclic N) is 1. The Balaban J connectivity index is 1.23. The highest BCUT2D eigenvalue weighted by atomic mass is 32.1. The maximum atomic E-state index is 13.5. The highest BCUT2D eigenvalue weighted by Crippen LogP contribution is 2.38. The monoisotopic (exact) mass is 595 g/mol. The number of fused-ring (bicyclic) bond motifs is 1. The number of aromatic nitrogens is 4. The van der Waals surface area contributed by atoms with Crippen molar-refractivity contribution in [2.45, 2.75) is 32.4 Å². The van der Waals surface area contributed by atoms with E-state index in [0.717, 1.165) is 41.2 Å². The number of rotatable bonds is 7. The molecular formula is C27H30FN9O2S2. The van der Waals surface area contributed by atoms with Gasteiger partial charge in [0.05, 0.1) is 18.3 Å². The van der Waals surface area contributed by atoms with Crippen LogP contribution in [-0.2, 0) is 11.2 Å². The smallest absolute Gasteiger partial charge is 0.236 e. The zero-order valence-electron chi connectivity index (χ0n) is 23.0. The molecule has 0 radical (unpaired) electrons. The van der Waals surface area contributed by atoms with Gasteiger partial charge in [-0.25, -0.2) is 14.4 Å². The van der Waals surface area contributed by atoms with E-state index in [9.17, 15) is 19.6 Å². The van der Waals surface area contributed by atoms with Gasteiger partial charge in [-0.15, -0.1) is 5.10 Å². The second kappa shape index (κ2) is 11.0. The largest absolute Gasteiger partial charge is 0.389 e. The van der Waals surface area contributed by atoms with E-state index in [1.165, 1.54) is 34.8 Å². The molecule has 5 heterocycles. The molecule has 0 aliphatic carbocycles. The van der Waals surface area contributed by atoms with E-state index < -0.39 is 6.10 Å². The lowest BCUT2D eigenvalue weighted by molar-refractivity contribution is -0.143. The van der Waals surface area contributed by atoms with Gasteiger partial charge in [-0.2, -0.15) is 9.78 Å². The Morgan fingerprint density at radius 3 is 2.61 bits per heavy atom. The predicted molar refractivity (Wildman–Crippen MR) is 156 cm³/mol. The van der Waals surface area contributed by atoms with Gasteiger partial charge in [0, 0.05) is 51.4 Å². The van der Waals surface area contributed by atoms with Crippen LogP contribution < -0.4 is 9.80 Å². The van der Waals surface area contributed by atoms with Crippen LogP contribution in [0.15, 0.2) is 24.3 Å². The Bertz CT molecular complexity index is 1620. The van der Waals surface area contributed by atoms with Crippen LogP contribution in [0.1, 0.15) is 24.4 Å². The summed E-state index contributed by atoms with van der Waals surface area (Å²) in [6, 6.07) is 8.37. The van der Waals surface area contributed by atoms with Gasteiger partial charge in [-0.3, -0.25) is 9.69 Å². The highest BCUT2D eigenvalue weighted by Gasteiger charge is 2.33. The van der Waals surface area contributed by atoms with E-state index in [4.69, 9.17) is 15.1 Å². The summed E-state index contributed by atoms with van der Waals surface area (Å²) in [5.41, 5.74) is 2.08. The van der Waals surface area contributed by atoms with Crippen LogP contribution in [0.2, 0.25) is 0 Å². The van der Waals surface area contributed by atoms with Crippen molar-refractivity contribution in [1.82, 2.24) is 29.4 Å². The lowest BCUT2D eigenvalue weighted by Crippen LogP contribution is -2.59. The van der Waals surface area contributed by atoms with Gasteiger partial charge >= 0.3 is 0 Å². The molecule has 6 rings (SSSR count). The molecule has 2 aliphatic heterocycles.